The second-order valence-electron chi connectivity index (χ2n) is 9.61. The molecule has 0 spiro atoms. The standard InChI is InChI=1S/C34H28O10/c1-38-30(35)25-13-21(4-6-23-15-26(31(36)39-2)19-28(17-23)33-41-8-9-42-33)12-22(14-25)5-7-24-16-27(32(37)40-3)20-29(18-24)34-43-10-11-44-34/h12-20,33-34H,8-11H2,1-3H3. The number of benzene rings is 3. The lowest BCUT2D eigenvalue weighted by atomic mass is 10.0. The van der Waals surface area contributed by atoms with Crippen molar-refractivity contribution >= 4 is 17.9 Å². The lowest BCUT2D eigenvalue weighted by Gasteiger charge is -2.11. The second kappa shape index (κ2) is 14.0. The van der Waals surface area contributed by atoms with Crippen LogP contribution in [-0.2, 0) is 33.2 Å². The minimum absolute atomic E-state index is 0.247. The van der Waals surface area contributed by atoms with Gasteiger partial charge in [0.2, 0.25) is 0 Å². The van der Waals surface area contributed by atoms with E-state index in [1.165, 1.54) is 21.3 Å². The number of carbonyl (C=O) groups excluding carboxylic acids is 3. The molecule has 2 aliphatic rings. The van der Waals surface area contributed by atoms with Crippen LogP contribution in [0.25, 0.3) is 0 Å². The fraction of sp³-hybridized carbons (Fsp3) is 0.265. The van der Waals surface area contributed by atoms with Crippen LogP contribution >= 0.6 is 0 Å². The van der Waals surface area contributed by atoms with Gasteiger partial charge in [0.1, 0.15) is 0 Å². The maximum atomic E-state index is 12.5. The van der Waals surface area contributed by atoms with Crippen LogP contribution in [0.1, 0.15) is 77.0 Å². The van der Waals surface area contributed by atoms with E-state index in [4.69, 9.17) is 33.2 Å². The molecule has 2 saturated heterocycles. The Labute approximate surface area is 254 Å². The molecule has 0 radical (unpaired) electrons. The Morgan fingerprint density at radius 1 is 0.500 bits per heavy atom. The highest BCUT2D eigenvalue weighted by Gasteiger charge is 2.22. The van der Waals surface area contributed by atoms with E-state index in [2.05, 4.69) is 23.7 Å². The molecule has 0 atom stereocenters. The molecule has 224 valence electrons. The fourth-order valence-electron chi connectivity index (χ4n) is 4.59. The van der Waals surface area contributed by atoms with E-state index in [9.17, 15) is 14.4 Å². The molecule has 0 N–H and O–H groups in total. The number of esters is 3. The average Bonchev–Trinajstić information content (AvgIpc) is 3.81. The monoisotopic (exact) mass is 596 g/mol. The van der Waals surface area contributed by atoms with E-state index in [0.717, 1.165) is 0 Å². The summed E-state index contributed by atoms with van der Waals surface area (Å²) in [5.74, 6) is 10.6. The molecular formula is C34H28O10. The van der Waals surface area contributed by atoms with Gasteiger partial charge in [-0.2, -0.15) is 0 Å². The van der Waals surface area contributed by atoms with E-state index in [-0.39, 0.29) is 5.56 Å². The third-order valence-electron chi connectivity index (χ3n) is 6.60. The van der Waals surface area contributed by atoms with Crippen LogP contribution in [0.15, 0.2) is 54.6 Å². The lowest BCUT2D eigenvalue weighted by molar-refractivity contribution is -0.0443. The van der Waals surface area contributed by atoms with Crippen molar-refractivity contribution in [3.05, 3.63) is 105 Å². The molecule has 10 nitrogen and oxygen atoms in total. The highest BCUT2D eigenvalue weighted by molar-refractivity contribution is 5.91. The number of rotatable bonds is 5. The van der Waals surface area contributed by atoms with E-state index >= 15 is 0 Å². The maximum Gasteiger partial charge on any atom is 0.337 e. The lowest BCUT2D eigenvalue weighted by Crippen LogP contribution is -2.06. The molecule has 0 amide bonds. The molecular weight excluding hydrogens is 568 g/mol. The number of carbonyl (C=O) groups is 3. The summed E-state index contributed by atoms with van der Waals surface area (Å²) in [5, 5.41) is 0. The van der Waals surface area contributed by atoms with Crippen molar-refractivity contribution in [2.45, 2.75) is 12.6 Å². The molecule has 2 fully saturated rings. The van der Waals surface area contributed by atoms with Gasteiger partial charge in [-0.05, 0) is 54.6 Å². The first kappa shape index (κ1) is 30.5. The molecule has 3 aromatic carbocycles. The smallest absolute Gasteiger partial charge is 0.337 e. The van der Waals surface area contributed by atoms with Crippen molar-refractivity contribution in [1.82, 2.24) is 0 Å². The van der Waals surface area contributed by atoms with Crippen molar-refractivity contribution in [1.29, 1.82) is 0 Å². The molecule has 0 aliphatic carbocycles. The number of hydrogen-bond donors (Lipinski definition) is 0. The van der Waals surface area contributed by atoms with Gasteiger partial charge in [-0.1, -0.05) is 23.7 Å². The number of hydrogen-bond acceptors (Lipinski definition) is 10. The van der Waals surface area contributed by atoms with Gasteiger partial charge in [-0.3, -0.25) is 0 Å². The Kier molecular flexibility index (Phi) is 9.70. The van der Waals surface area contributed by atoms with Crippen LogP contribution in [0.5, 0.6) is 0 Å². The average molecular weight is 597 g/mol. The van der Waals surface area contributed by atoms with Crippen molar-refractivity contribution < 1.29 is 47.5 Å². The molecule has 0 unspecified atom stereocenters. The predicted octanol–water partition coefficient (Wildman–Crippen LogP) is 3.94. The molecule has 44 heavy (non-hydrogen) atoms. The van der Waals surface area contributed by atoms with E-state index < -0.39 is 30.5 Å². The normalized spacial score (nSPS) is 14.6. The highest BCUT2D eigenvalue weighted by Crippen LogP contribution is 2.27. The van der Waals surface area contributed by atoms with Gasteiger partial charge >= 0.3 is 17.9 Å². The molecule has 2 aliphatic heterocycles. The molecule has 3 aromatic rings. The highest BCUT2D eigenvalue weighted by atomic mass is 16.7. The van der Waals surface area contributed by atoms with Gasteiger partial charge in [-0.15, -0.1) is 0 Å². The van der Waals surface area contributed by atoms with E-state index in [1.54, 1.807) is 54.6 Å². The molecule has 10 heteroatoms. The summed E-state index contributed by atoms with van der Waals surface area (Å²) < 4.78 is 37.1. The van der Waals surface area contributed by atoms with E-state index in [0.29, 0.717) is 70.9 Å². The number of methoxy groups -OCH3 is 3. The minimum atomic E-state index is -0.616. The zero-order valence-corrected chi connectivity index (χ0v) is 24.3. The summed E-state index contributed by atoms with van der Waals surface area (Å²) in [4.78, 5) is 37.1. The zero-order chi connectivity index (χ0) is 31.1. The maximum absolute atomic E-state index is 12.5. The molecule has 5 rings (SSSR count). The van der Waals surface area contributed by atoms with Gasteiger partial charge < -0.3 is 33.2 Å². The summed E-state index contributed by atoms with van der Waals surface area (Å²) in [7, 11) is 3.88. The molecule has 0 bridgehead atoms. The molecule has 0 aromatic heterocycles. The fourth-order valence-corrected chi connectivity index (χ4v) is 4.59. The summed E-state index contributed by atoms with van der Waals surface area (Å²) in [5.41, 5.74) is 4.09. The van der Waals surface area contributed by atoms with Crippen LogP contribution in [0.4, 0.5) is 0 Å². The Bertz CT molecular complexity index is 1590. The minimum Gasteiger partial charge on any atom is -0.465 e. The van der Waals surface area contributed by atoms with E-state index in [1.807, 2.05) is 0 Å². The molecule has 2 heterocycles. The van der Waals surface area contributed by atoms with Gasteiger partial charge in [0.05, 0.1) is 64.4 Å². The van der Waals surface area contributed by atoms with Crippen molar-refractivity contribution in [2.24, 2.45) is 0 Å². The van der Waals surface area contributed by atoms with Crippen LogP contribution < -0.4 is 0 Å². The van der Waals surface area contributed by atoms with Crippen LogP contribution in [0.2, 0.25) is 0 Å². The van der Waals surface area contributed by atoms with Gasteiger partial charge in [0, 0.05) is 33.4 Å². The van der Waals surface area contributed by atoms with Crippen LogP contribution in [0.3, 0.4) is 0 Å². The van der Waals surface area contributed by atoms with Crippen molar-refractivity contribution in [3.8, 4) is 23.7 Å². The van der Waals surface area contributed by atoms with Crippen molar-refractivity contribution in [3.63, 3.8) is 0 Å². The summed E-state index contributed by atoms with van der Waals surface area (Å²) in [6.45, 7) is 1.76. The Balaban J connectivity index is 1.52. The zero-order valence-electron chi connectivity index (χ0n) is 24.3. The first-order valence-corrected chi connectivity index (χ1v) is 13.6. The predicted molar refractivity (Wildman–Crippen MR) is 155 cm³/mol. The largest absolute Gasteiger partial charge is 0.465 e. The Hall–Kier alpha value is -4.97. The second-order valence-corrected chi connectivity index (χ2v) is 9.61. The Morgan fingerprint density at radius 3 is 1.11 bits per heavy atom. The number of ether oxygens (including phenoxy) is 7. The van der Waals surface area contributed by atoms with Gasteiger partial charge in [0.15, 0.2) is 12.6 Å². The van der Waals surface area contributed by atoms with Crippen molar-refractivity contribution in [2.75, 3.05) is 47.8 Å². The van der Waals surface area contributed by atoms with Crippen LogP contribution in [-0.4, -0.2) is 65.7 Å². The van der Waals surface area contributed by atoms with Gasteiger partial charge in [-0.25, -0.2) is 14.4 Å². The third kappa shape index (κ3) is 7.32. The topological polar surface area (TPSA) is 116 Å². The SMILES string of the molecule is COC(=O)c1cc(C#Cc2cc(C(=O)OC)cc(C3OCCO3)c2)cc(C#Cc2cc(C(=O)OC)cc(C3OCCO3)c2)c1. The van der Waals surface area contributed by atoms with Crippen LogP contribution in [0, 0.1) is 23.7 Å². The summed E-state index contributed by atoms with van der Waals surface area (Å²) in [6, 6.07) is 14.9. The summed E-state index contributed by atoms with van der Waals surface area (Å²) in [6.07, 6.45) is -1.23. The summed E-state index contributed by atoms with van der Waals surface area (Å²) >= 11 is 0. The van der Waals surface area contributed by atoms with Gasteiger partial charge in [0.25, 0.3) is 0 Å². The quantitative estimate of drug-likeness (QED) is 0.244. The first-order valence-electron chi connectivity index (χ1n) is 13.6. The Morgan fingerprint density at radius 2 is 0.795 bits per heavy atom. The first-order chi connectivity index (χ1) is 21.4. The molecule has 0 saturated carbocycles. The third-order valence-corrected chi connectivity index (χ3v) is 6.60.